The maximum absolute atomic E-state index is 2.35. The molecule has 0 N–H and O–H groups in total. The van der Waals surface area contributed by atoms with Crippen LogP contribution in [0.15, 0.2) is 46.6 Å². The summed E-state index contributed by atoms with van der Waals surface area (Å²) < 4.78 is 0. The summed E-state index contributed by atoms with van der Waals surface area (Å²) in [6, 6.07) is 0. The normalized spacial score (nSPS) is 16.2. The van der Waals surface area contributed by atoms with Crippen molar-refractivity contribution in [2.75, 3.05) is 0 Å². The van der Waals surface area contributed by atoms with Crippen LogP contribution in [0.2, 0.25) is 0 Å². The minimum absolute atomic E-state index is 0. The van der Waals surface area contributed by atoms with E-state index < -0.39 is 0 Å². The first kappa shape index (κ1) is 20.8. The van der Waals surface area contributed by atoms with Crippen LogP contribution in [-0.2, 0) is 25.8 Å². The predicted molar refractivity (Wildman–Crippen MR) is 92.0 cm³/mol. The first-order valence-electron chi connectivity index (χ1n) is 8.38. The summed E-state index contributed by atoms with van der Waals surface area (Å²) in [6.07, 6.45) is 19.6. The van der Waals surface area contributed by atoms with Gasteiger partial charge in [0.15, 0.2) is 0 Å². The molecule has 0 radical (unpaired) electrons. The van der Waals surface area contributed by atoms with E-state index in [9.17, 15) is 0 Å². The van der Waals surface area contributed by atoms with Gasteiger partial charge in [0.05, 0.1) is 0 Å². The third-order valence-corrected chi connectivity index (χ3v) is 3.87. The molecule has 0 aromatic carbocycles. The molecule has 2 rings (SSSR count). The van der Waals surface area contributed by atoms with Gasteiger partial charge in [-0.05, 0) is 52.4 Å². The zero-order chi connectivity index (χ0) is 14.8. The minimum Gasteiger partial charge on any atom is -0.0773 e. The van der Waals surface area contributed by atoms with Gasteiger partial charge < -0.3 is 0 Å². The third kappa shape index (κ3) is 9.45. The average Bonchev–Trinajstić information content (AvgIpc) is 3.03. The summed E-state index contributed by atoms with van der Waals surface area (Å²) in [7, 11) is 0. The van der Waals surface area contributed by atoms with E-state index in [-0.39, 0.29) is 25.8 Å². The molecule has 21 heavy (non-hydrogen) atoms. The van der Waals surface area contributed by atoms with E-state index in [0.717, 1.165) is 0 Å². The van der Waals surface area contributed by atoms with E-state index in [1.54, 1.807) is 11.1 Å². The van der Waals surface area contributed by atoms with E-state index in [2.05, 4.69) is 52.0 Å². The van der Waals surface area contributed by atoms with E-state index in [4.69, 9.17) is 0 Å². The van der Waals surface area contributed by atoms with Crippen LogP contribution in [0.25, 0.3) is 0 Å². The van der Waals surface area contributed by atoms with Crippen LogP contribution in [0.5, 0.6) is 0 Å². The fraction of sp³-hybridized carbons (Fsp3) is 0.600. The fourth-order valence-electron chi connectivity index (χ4n) is 2.56. The zero-order valence-corrected chi connectivity index (χ0v) is 18.1. The monoisotopic (exact) mass is 452 g/mol. The molecule has 1 heteroatoms. The molecule has 0 bridgehead atoms. The van der Waals surface area contributed by atoms with Gasteiger partial charge in [0.25, 0.3) is 0 Å². The molecule has 0 aliphatic heterocycles. The van der Waals surface area contributed by atoms with Crippen LogP contribution >= 0.6 is 0 Å². The minimum atomic E-state index is 0. The van der Waals surface area contributed by atoms with Crippen LogP contribution < -0.4 is 0 Å². The van der Waals surface area contributed by atoms with Crippen molar-refractivity contribution in [1.29, 1.82) is 0 Å². The first-order valence-corrected chi connectivity index (χ1v) is 8.38. The van der Waals surface area contributed by atoms with Gasteiger partial charge in [-0.25, -0.2) is 0 Å². The van der Waals surface area contributed by atoms with E-state index in [0.29, 0.717) is 0 Å². The van der Waals surface area contributed by atoms with Crippen molar-refractivity contribution in [3.05, 3.63) is 46.6 Å². The zero-order valence-electron chi connectivity index (χ0n) is 14.5. The predicted octanol–water partition coefficient (Wildman–Crippen LogP) is 6.90. The Kier molecular flexibility index (Phi) is 12.3. The van der Waals surface area contributed by atoms with Crippen molar-refractivity contribution in [1.82, 2.24) is 0 Å². The summed E-state index contributed by atoms with van der Waals surface area (Å²) in [6.45, 7) is 8.89. The van der Waals surface area contributed by atoms with Gasteiger partial charge >= 0.3 is 0 Å². The fourth-order valence-corrected chi connectivity index (χ4v) is 2.56. The Morgan fingerprint density at radius 2 is 1.14 bits per heavy atom. The van der Waals surface area contributed by atoms with E-state index in [1.807, 2.05) is 0 Å². The van der Waals surface area contributed by atoms with E-state index in [1.165, 1.54) is 62.5 Å². The molecule has 116 valence electrons. The number of hydrogen-bond acceptors (Lipinski definition) is 0. The molecule has 0 saturated carbocycles. The quantitative estimate of drug-likeness (QED) is 0.386. The Morgan fingerprint density at radius 3 is 1.38 bits per heavy atom. The summed E-state index contributed by atoms with van der Waals surface area (Å²) in [4.78, 5) is 0. The summed E-state index contributed by atoms with van der Waals surface area (Å²) in [5, 5.41) is 0. The molecule has 0 atom stereocenters. The van der Waals surface area contributed by atoms with Crippen molar-refractivity contribution in [3.8, 4) is 0 Å². The summed E-state index contributed by atoms with van der Waals surface area (Å²) in [5.41, 5.74) is 6.15. The van der Waals surface area contributed by atoms with Gasteiger partial charge in [0.2, 0.25) is 0 Å². The molecule has 0 aromatic heterocycles. The van der Waals surface area contributed by atoms with Crippen molar-refractivity contribution in [3.63, 3.8) is 0 Å². The van der Waals surface area contributed by atoms with Crippen LogP contribution in [0, 0.1) is 0 Å². The van der Waals surface area contributed by atoms with Gasteiger partial charge in [-0.15, -0.1) is 0 Å². The SMILES string of the molecule is CCCCC1=CCC(C)=C1.CCCCC1=CCC(C)=C1.[Hf]. The number of hydrogen-bond donors (Lipinski definition) is 0. The number of allylic oxidation sites excluding steroid dienone is 8. The van der Waals surface area contributed by atoms with Crippen LogP contribution in [0.4, 0.5) is 0 Å². The molecule has 0 nitrogen and oxygen atoms in total. The van der Waals surface area contributed by atoms with Gasteiger partial charge in [-0.2, -0.15) is 0 Å². The first-order chi connectivity index (χ1) is 9.65. The molecule has 2 aliphatic rings. The second-order valence-corrected chi connectivity index (χ2v) is 6.15. The topological polar surface area (TPSA) is 0 Å². The number of rotatable bonds is 6. The molecule has 0 fully saturated rings. The second-order valence-electron chi connectivity index (χ2n) is 6.15. The largest absolute Gasteiger partial charge is 0.0773 e. The van der Waals surface area contributed by atoms with Gasteiger partial charge in [0, 0.05) is 25.8 Å². The Hall–Kier alpha value is -0.170. The van der Waals surface area contributed by atoms with Crippen molar-refractivity contribution in [2.45, 2.75) is 79.1 Å². The Balaban J connectivity index is 0.000000364. The third-order valence-electron chi connectivity index (χ3n) is 3.87. The maximum Gasteiger partial charge on any atom is 0 e. The van der Waals surface area contributed by atoms with Crippen LogP contribution in [0.3, 0.4) is 0 Å². The van der Waals surface area contributed by atoms with Gasteiger partial charge in [-0.3, -0.25) is 0 Å². The standard InChI is InChI=1S/2C10H16.Hf/c2*1-3-4-5-10-7-6-9(2)8-10;/h2*7-8H,3-6H2,1-2H3;. The van der Waals surface area contributed by atoms with Crippen molar-refractivity contribution in [2.24, 2.45) is 0 Å². The Bertz CT molecular complexity index is 368. The molecule has 0 amide bonds. The van der Waals surface area contributed by atoms with Crippen LogP contribution in [0.1, 0.15) is 79.1 Å². The van der Waals surface area contributed by atoms with Crippen molar-refractivity contribution < 1.29 is 25.8 Å². The second kappa shape index (κ2) is 12.4. The number of unbranched alkanes of at least 4 members (excludes halogenated alkanes) is 2. The Morgan fingerprint density at radius 1 is 0.762 bits per heavy atom. The molecule has 0 saturated heterocycles. The molecular weight excluding hydrogens is 419 g/mol. The molecule has 0 unspecified atom stereocenters. The average molecular weight is 451 g/mol. The van der Waals surface area contributed by atoms with Crippen LogP contribution in [-0.4, -0.2) is 0 Å². The maximum atomic E-state index is 2.35. The van der Waals surface area contributed by atoms with Gasteiger partial charge in [0.1, 0.15) is 0 Å². The van der Waals surface area contributed by atoms with E-state index >= 15 is 0 Å². The van der Waals surface area contributed by atoms with Crippen molar-refractivity contribution >= 4 is 0 Å². The molecule has 0 aromatic rings. The molecular formula is C20H32Hf. The molecule has 0 heterocycles. The summed E-state index contributed by atoms with van der Waals surface area (Å²) in [5.74, 6) is 0. The smallest absolute Gasteiger partial charge is 0 e. The van der Waals surface area contributed by atoms with Gasteiger partial charge in [-0.1, -0.05) is 73.3 Å². The summed E-state index contributed by atoms with van der Waals surface area (Å²) >= 11 is 0. The molecule has 0 spiro atoms. The molecule has 2 aliphatic carbocycles. The Labute approximate surface area is 151 Å².